The van der Waals surface area contributed by atoms with Crippen molar-refractivity contribution < 1.29 is 0 Å². The molecule has 2 aromatic rings. The number of thiophene rings is 1. The standard InChI is InChI=1S/C10H12N4S/c1-2-8(15-5-1)10-12-9(13-14-10)6-11-7-3-4-7/h1-2,5,7,11H,3-4,6H2,(H,12,13,14). The molecular formula is C10H12N4S. The van der Waals surface area contributed by atoms with E-state index in [1.807, 2.05) is 17.5 Å². The van der Waals surface area contributed by atoms with Gasteiger partial charge in [-0.2, -0.15) is 5.10 Å². The Labute approximate surface area is 91.7 Å². The van der Waals surface area contributed by atoms with Crippen molar-refractivity contribution in [3.63, 3.8) is 0 Å². The highest BCUT2D eigenvalue weighted by Gasteiger charge is 2.20. The molecular weight excluding hydrogens is 208 g/mol. The van der Waals surface area contributed by atoms with Crippen molar-refractivity contribution in [2.45, 2.75) is 25.4 Å². The van der Waals surface area contributed by atoms with Gasteiger partial charge in [-0.15, -0.1) is 11.3 Å². The summed E-state index contributed by atoms with van der Waals surface area (Å²) in [5.74, 6) is 1.72. The van der Waals surface area contributed by atoms with E-state index in [1.54, 1.807) is 11.3 Å². The van der Waals surface area contributed by atoms with Gasteiger partial charge in [-0.05, 0) is 24.3 Å². The van der Waals surface area contributed by atoms with Crippen LogP contribution in [-0.4, -0.2) is 21.2 Å². The van der Waals surface area contributed by atoms with Crippen LogP contribution in [-0.2, 0) is 6.54 Å². The van der Waals surface area contributed by atoms with Crippen molar-refractivity contribution in [1.29, 1.82) is 0 Å². The molecule has 0 amide bonds. The maximum Gasteiger partial charge on any atom is 0.191 e. The zero-order valence-electron chi connectivity index (χ0n) is 8.23. The minimum absolute atomic E-state index is 0.709. The fourth-order valence-electron chi connectivity index (χ4n) is 1.42. The van der Waals surface area contributed by atoms with Crippen LogP contribution < -0.4 is 5.32 Å². The van der Waals surface area contributed by atoms with E-state index in [0.29, 0.717) is 6.04 Å². The van der Waals surface area contributed by atoms with Crippen LogP contribution in [0.25, 0.3) is 10.7 Å². The van der Waals surface area contributed by atoms with Crippen molar-refractivity contribution in [3.05, 3.63) is 23.3 Å². The fourth-order valence-corrected chi connectivity index (χ4v) is 2.08. The Morgan fingerprint density at radius 3 is 3.20 bits per heavy atom. The fraction of sp³-hybridized carbons (Fsp3) is 0.400. The summed E-state index contributed by atoms with van der Waals surface area (Å²) in [6, 6.07) is 4.75. The van der Waals surface area contributed by atoms with Gasteiger partial charge >= 0.3 is 0 Å². The molecule has 0 saturated heterocycles. The summed E-state index contributed by atoms with van der Waals surface area (Å²) in [5, 5.41) is 12.6. The Bertz CT molecular complexity index is 430. The number of nitrogens with one attached hydrogen (secondary N) is 2. The zero-order valence-corrected chi connectivity index (χ0v) is 9.05. The number of aromatic amines is 1. The monoisotopic (exact) mass is 220 g/mol. The predicted molar refractivity (Wildman–Crippen MR) is 59.6 cm³/mol. The van der Waals surface area contributed by atoms with Gasteiger partial charge in [0.05, 0.1) is 11.4 Å². The highest BCUT2D eigenvalue weighted by Crippen LogP contribution is 2.21. The molecule has 0 aliphatic heterocycles. The van der Waals surface area contributed by atoms with E-state index in [-0.39, 0.29) is 0 Å². The van der Waals surface area contributed by atoms with E-state index in [9.17, 15) is 0 Å². The summed E-state index contributed by atoms with van der Waals surface area (Å²) in [7, 11) is 0. The van der Waals surface area contributed by atoms with Gasteiger partial charge in [-0.1, -0.05) is 6.07 Å². The van der Waals surface area contributed by atoms with Crippen molar-refractivity contribution >= 4 is 11.3 Å². The summed E-state index contributed by atoms with van der Waals surface area (Å²) in [6.07, 6.45) is 2.60. The lowest BCUT2D eigenvalue weighted by Crippen LogP contribution is -2.16. The molecule has 1 fully saturated rings. The molecule has 0 radical (unpaired) electrons. The number of aromatic nitrogens is 3. The van der Waals surface area contributed by atoms with Crippen LogP contribution in [0.3, 0.4) is 0 Å². The Morgan fingerprint density at radius 1 is 1.53 bits per heavy atom. The Hall–Kier alpha value is -1.20. The lowest BCUT2D eigenvalue weighted by molar-refractivity contribution is 0.660. The van der Waals surface area contributed by atoms with Crippen LogP contribution in [0.2, 0.25) is 0 Å². The maximum atomic E-state index is 4.43. The van der Waals surface area contributed by atoms with Crippen LogP contribution in [0.5, 0.6) is 0 Å². The summed E-state index contributed by atoms with van der Waals surface area (Å²) in [4.78, 5) is 5.55. The normalized spacial score (nSPS) is 15.7. The number of H-pyrrole nitrogens is 1. The maximum absolute atomic E-state index is 4.43. The first-order chi connectivity index (χ1) is 7.42. The molecule has 0 atom stereocenters. The van der Waals surface area contributed by atoms with Crippen molar-refractivity contribution in [3.8, 4) is 10.7 Å². The lowest BCUT2D eigenvalue weighted by atomic mass is 10.4. The first-order valence-corrected chi connectivity index (χ1v) is 5.98. The van der Waals surface area contributed by atoms with E-state index in [0.717, 1.165) is 23.1 Å². The number of hydrogen-bond donors (Lipinski definition) is 2. The smallest absolute Gasteiger partial charge is 0.191 e. The summed E-state index contributed by atoms with van der Waals surface area (Å²) < 4.78 is 0. The van der Waals surface area contributed by atoms with Crippen LogP contribution in [0.1, 0.15) is 18.7 Å². The van der Waals surface area contributed by atoms with Crippen LogP contribution in [0.15, 0.2) is 17.5 Å². The van der Waals surface area contributed by atoms with E-state index < -0.39 is 0 Å². The van der Waals surface area contributed by atoms with Gasteiger partial charge in [0, 0.05) is 6.04 Å². The van der Waals surface area contributed by atoms with Gasteiger partial charge < -0.3 is 5.32 Å². The Morgan fingerprint density at radius 2 is 2.47 bits per heavy atom. The molecule has 2 heterocycles. The average molecular weight is 220 g/mol. The van der Waals surface area contributed by atoms with E-state index in [4.69, 9.17) is 0 Å². The second kappa shape index (κ2) is 3.75. The second-order valence-electron chi connectivity index (χ2n) is 3.74. The highest BCUT2D eigenvalue weighted by molar-refractivity contribution is 7.13. The molecule has 0 bridgehead atoms. The molecule has 1 aliphatic rings. The summed E-state index contributed by atoms with van der Waals surface area (Å²) in [6.45, 7) is 0.795. The first kappa shape index (κ1) is 9.06. The largest absolute Gasteiger partial charge is 0.307 e. The zero-order chi connectivity index (χ0) is 10.1. The van der Waals surface area contributed by atoms with Gasteiger partial charge in [0.25, 0.3) is 0 Å². The molecule has 15 heavy (non-hydrogen) atoms. The molecule has 5 heteroatoms. The quantitative estimate of drug-likeness (QED) is 0.826. The topological polar surface area (TPSA) is 53.6 Å². The minimum Gasteiger partial charge on any atom is -0.307 e. The lowest BCUT2D eigenvalue weighted by Gasteiger charge is -1.96. The molecule has 0 spiro atoms. The minimum atomic E-state index is 0.709. The van der Waals surface area contributed by atoms with E-state index in [1.165, 1.54) is 12.8 Å². The molecule has 4 nitrogen and oxygen atoms in total. The molecule has 2 N–H and O–H groups in total. The molecule has 78 valence electrons. The highest BCUT2D eigenvalue weighted by atomic mass is 32.1. The third-order valence-corrected chi connectivity index (χ3v) is 3.27. The first-order valence-electron chi connectivity index (χ1n) is 5.10. The predicted octanol–water partition coefficient (Wildman–Crippen LogP) is 1.79. The third kappa shape index (κ3) is 2.08. The van der Waals surface area contributed by atoms with Crippen LogP contribution >= 0.6 is 11.3 Å². The SMILES string of the molecule is c1csc(-c2n[nH]c(CNC3CC3)n2)c1. The molecule has 1 aliphatic carbocycles. The van der Waals surface area contributed by atoms with Gasteiger partial charge in [0.2, 0.25) is 0 Å². The summed E-state index contributed by atoms with van der Waals surface area (Å²) >= 11 is 1.66. The molecule has 0 aromatic carbocycles. The van der Waals surface area contributed by atoms with Gasteiger partial charge in [0.15, 0.2) is 5.82 Å². The number of hydrogen-bond acceptors (Lipinski definition) is 4. The Balaban J connectivity index is 1.69. The van der Waals surface area contributed by atoms with Crippen molar-refractivity contribution in [2.24, 2.45) is 0 Å². The summed E-state index contributed by atoms with van der Waals surface area (Å²) in [5.41, 5.74) is 0. The van der Waals surface area contributed by atoms with Crippen LogP contribution in [0, 0.1) is 0 Å². The third-order valence-electron chi connectivity index (χ3n) is 2.41. The molecule has 2 aromatic heterocycles. The number of nitrogens with zero attached hydrogens (tertiary/aromatic N) is 2. The average Bonchev–Trinajstić information content (AvgIpc) is 2.78. The Kier molecular flexibility index (Phi) is 2.26. The second-order valence-corrected chi connectivity index (χ2v) is 4.69. The molecule has 3 rings (SSSR count). The molecule has 1 saturated carbocycles. The van der Waals surface area contributed by atoms with Gasteiger partial charge in [0.1, 0.15) is 5.82 Å². The molecule has 0 unspecified atom stereocenters. The van der Waals surface area contributed by atoms with Crippen LogP contribution in [0.4, 0.5) is 0 Å². The number of rotatable bonds is 4. The van der Waals surface area contributed by atoms with E-state index >= 15 is 0 Å². The van der Waals surface area contributed by atoms with E-state index in [2.05, 4.69) is 20.5 Å². The van der Waals surface area contributed by atoms with Crippen molar-refractivity contribution in [2.75, 3.05) is 0 Å². The van der Waals surface area contributed by atoms with Gasteiger partial charge in [-0.3, -0.25) is 5.10 Å². The van der Waals surface area contributed by atoms with Crippen molar-refractivity contribution in [1.82, 2.24) is 20.5 Å². The van der Waals surface area contributed by atoms with Gasteiger partial charge in [-0.25, -0.2) is 4.98 Å².